The summed E-state index contributed by atoms with van der Waals surface area (Å²) in [6.07, 6.45) is 0.368. The first-order valence-electron chi connectivity index (χ1n) is 6.23. The molecule has 20 heavy (non-hydrogen) atoms. The molecule has 0 aromatic heterocycles. The van der Waals surface area contributed by atoms with Crippen molar-refractivity contribution in [2.24, 2.45) is 5.92 Å². The molecule has 0 fully saturated rings. The van der Waals surface area contributed by atoms with Gasteiger partial charge in [0.15, 0.2) is 11.5 Å². The van der Waals surface area contributed by atoms with E-state index in [-0.39, 0.29) is 12.5 Å². The average Bonchev–Trinajstić information content (AvgIpc) is 2.45. The third kappa shape index (κ3) is 3.88. The van der Waals surface area contributed by atoms with Gasteiger partial charge in [0.05, 0.1) is 25.7 Å². The molecule has 1 unspecified atom stereocenters. The van der Waals surface area contributed by atoms with Gasteiger partial charge in [-0.2, -0.15) is 0 Å². The Bertz CT molecular complexity index is 486. The lowest BCUT2D eigenvalue weighted by Crippen LogP contribution is -2.27. The number of carboxylic acid groups (broad SMARTS) is 1. The minimum atomic E-state index is -0.877. The van der Waals surface area contributed by atoms with Crippen molar-refractivity contribution in [3.8, 4) is 11.5 Å². The van der Waals surface area contributed by atoms with Gasteiger partial charge in [0.2, 0.25) is 0 Å². The van der Waals surface area contributed by atoms with Crippen LogP contribution < -0.4 is 14.8 Å². The first-order chi connectivity index (χ1) is 9.51. The molecule has 1 aromatic carbocycles. The first-order valence-corrected chi connectivity index (χ1v) is 6.23. The zero-order valence-corrected chi connectivity index (χ0v) is 11.8. The summed E-state index contributed by atoms with van der Waals surface area (Å²) >= 11 is 0. The number of hydrogen-bond donors (Lipinski definition) is 2. The second-order valence-corrected chi connectivity index (χ2v) is 4.32. The summed E-state index contributed by atoms with van der Waals surface area (Å²) in [5, 5.41) is 11.4. The van der Waals surface area contributed by atoms with Gasteiger partial charge in [-0.1, -0.05) is 13.0 Å². The first kappa shape index (κ1) is 15.8. The van der Waals surface area contributed by atoms with Crippen LogP contribution in [-0.2, 0) is 4.79 Å². The molecule has 1 amide bonds. The predicted octanol–water partition coefficient (Wildman–Crippen LogP) is 1.54. The third-order valence-corrected chi connectivity index (χ3v) is 2.93. The van der Waals surface area contributed by atoms with Crippen LogP contribution in [-0.4, -0.2) is 37.7 Å². The minimum Gasteiger partial charge on any atom is -0.493 e. The van der Waals surface area contributed by atoms with Gasteiger partial charge in [0, 0.05) is 6.54 Å². The lowest BCUT2D eigenvalue weighted by atomic mass is 10.1. The standard InChI is InChI=1S/C14H19NO5/c1-9(14(17)18)7-8-15-13(16)10-5-4-6-11(19-2)12(10)20-3/h4-6,9H,7-8H2,1-3H3,(H,15,16)(H,17,18). The molecule has 0 bridgehead atoms. The van der Waals surface area contributed by atoms with E-state index in [1.54, 1.807) is 25.1 Å². The number of ether oxygens (including phenoxy) is 2. The van der Waals surface area contributed by atoms with Crippen molar-refractivity contribution in [2.45, 2.75) is 13.3 Å². The maximum absolute atomic E-state index is 12.0. The zero-order chi connectivity index (χ0) is 15.1. The van der Waals surface area contributed by atoms with E-state index in [1.807, 2.05) is 0 Å². The fourth-order valence-electron chi connectivity index (χ4n) is 1.69. The number of carbonyl (C=O) groups is 2. The molecule has 2 N–H and O–H groups in total. The van der Waals surface area contributed by atoms with Crippen LogP contribution in [0.1, 0.15) is 23.7 Å². The van der Waals surface area contributed by atoms with Crippen LogP contribution in [0.5, 0.6) is 11.5 Å². The number of para-hydroxylation sites is 1. The minimum absolute atomic E-state index is 0.284. The number of methoxy groups -OCH3 is 2. The summed E-state index contributed by atoms with van der Waals surface area (Å²) in [4.78, 5) is 22.7. The van der Waals surface area contributed by atoms with Crippen LogP contribution in [0.2, 0.25) is 0 Å². The van der Waals surface area contributed by atoms with E-state index in [0.29, 0.717) is 23.5 Å². The van der Waals surface area contributed by atoms with Crippen molar-refractivity contribution in [1.29, 1.82) is 0 Å². The van der Waals surface area contributed by atoms with Crippen molar-refractivity contribution >= 4 is 11.9 Å². The number of benzene rings is 1. The number of carboxylic acids is 1. The van der Waals surface area contributed by atoms with E-state index in [4.69, 9.17) is 14.6 Å². The van der Waals surface area contributed by atoms with Crippen LogP contribution in [0, 0.1) is 5.92 Å². The van der Waals surface area contributed by atoms with Crippen LogP contribution >= 0.6 is 0 Å². The Balaban J connectivity index is 2.71. The summed E-state index contributed by atoms with van der Waals surface area (Å²) in [6, 6.07) is 5.01. The normalized spacial score (nSPS) is 11.6. The number of amides is 1. The zero-order valence-electron chi connectivity index (χ0n) is 11.8. The van der Waals surface area contributed by atoms with Gasteiger partial charge in [-0.25, -0.2) is 0 Å². The van der Waals surface area contributed by atoms with Crippen molar-refractivity contribution in [3.05, 3.63) is 23.8 Å². The highest BCUT2D eigenvalue weighted by molar-refractivity contribution is 5.97. The van der Waals surface area contributed by atoms with Crippen molar-refractivity contribution in [1.82, 2.24) is 5.32 Å². The molecule has 0 aliphatic heterocycles. The van der Waals surface area contributed by atoms with Crippen LogP contribution in [0.3, 0.4) is 0 Å². The smallest absolute Gasteiger partial charge is 0.306 e. The Labute approximate surface area is 117 Å². The van der Waals surface area contributed by atoms with Gasteiger partial charge in [0.25, 0.3) is 5.91 Å². The van der Waals surface area contributed by atoms with E-state index in [0.717, 1.165) is 0 Å². The lowest BCUT2D eigenvalue weighted by Gasteiger charge is -2.13. The molecule has 0 radical (unpaired) electrons. The Morgan fingerprint density at radius 1 is 1.30 bits per heavy atom. The molecule has 110 valence electrons. The van der Waals surface area contributed by atoms with E-state index < -0.39 is 11.9 Å². The molecule has 1 aromatic rings. The molecular formula is C14H19NO5. The van der Waals surface area contributed by atoms with Gasteiger partial charge in [0.1, 0.15) is 0 Å². The van der Waals surface area contributed by atoms with Crippen LogP contribution in [0.4, 0.5) is 0 Å². The summed E-state index contributed by atoms with van der Waals surface area (Å²) in [7, 11) is 2.95. The molecule has 0 saturated heterocycles. The summed E-state index contributed by atoms with van der Waals surface area (Å²) in [5.74, 6) is -0.864. The molecule has 0 heterocycles. The second-order valence-electron chi connectivity index (χ2n) is 4.32. The van der Waals surface area contributed by atoms with Crippen LogP contribution in [0.25, 0.3) is 0 Å². The number of aliphatic carboxylic acids is 1. The molecule has 0 aliphatic carbocycles. The third-order valence-electron chi connectivity index (χ3n) is 2.93. The fraction of sp³-hybridized carbons (Fsp3) is 0.429. The van der Waals surface area contributed by atoms with Crippen molar-refractivity contribution < 1.29 is 24.2 Å². The molecule has 0 aliphatic rings. The number of nitrogens with one attached hydrogen (secondary N) is 1. The molecule has 0 spiro atoms. The largest absolute Gasteiger partial charge is 0.493 e. The fourth-order valence-corrected chi connectivity index (χ4v) is 1.69. The van der Waals surface area contributed by atoms with Crippen molar-refractivity contribution in [3.63, 3.8) is 0 Å². The molecule has 6 nitrogen and oxygen atoms in total. The predicted molar refractivity (Wildman–Crippen MR) is 73.3 cm³/mol. The van der Waals surface area contributed by atoms with E-state index >= 15 is 0 Å². The Morgan fingerprint density at radius 2 is 2.00 bits per heavy atom. The topological polar surface area (TPSA) is 84.9 Å². The maximum atomic E-state index is 12.0. The highest BCUT2D eigenvalue weighted by Gasteiger charge is 2.17. The molecule has 1 rings (SSSR count). The van der Waals surface area contributed by atoms with Gasteiger partial charge in [-0.15, -0.1) is 0 Å². The highest BCUT2D eigenvalue weighted by atomic mass is 16.5. The Morgan fingerprint density at radius 3 is 2.55 bits per heavy atom. The van der Waals surface area contributed by atoms with Gasteiger partial charge < -0.3 is 19.9 Å². The van der Waals surface area contributed by atoms with Gasteiger partial charge in [-0.05, 0) is 18.6 Å². The van der Waals surface area contributed by atoms with E-state index in [2.05, 4.69) is 5.32 Å². The van der Waals surface area contributed by atoms with Gasteiger partial charge >= 0.3 is 5.97 Å². The number of hydrogen-bond acceptors (Lipinski definition) is 4. The average molecular weight is 281 g/mol. The van der Waals surface area contributed by atoms with E-state index in [9.17, 15) is 9.59 Å². The summed E-state index contributed by atoms with van der Waals surface area (Å²) in [5.41, 5.74) is 0.356. The monoisotopic (exact) mass is 281 g/mol. The second kappa shape index (κ2) is 7.37. The van der Waals surface area contributed by atoms with Crippen LogP contribution in [0.15, 0.2) is 18.2 Å². The van der Waals surface area contributed by atoms with Crippen molar-refractivity contribution in [2.75, 3.05) is 20.8 Å². The summed E-state index contributed by atoms with van der Waals surface area (Å²) < 4.78 is 10.3. The lowest BCUT2D eigenvalue weighted by molar-refractivity contribution is -0.141. The van der Waals surface area contributed by atoms with E-state index in [1.165, 1.54) is 14.2 Å². The quantitative estimate of drug-likeness (QED) is 0.792. The Kier molecular flexibility index (Phi) is 5.83. The summed E-state index contributed by atoms with van der Waals surface area (Å²) in [6.45, 7) is 1.88. The SMILES string of the molecule is COc1cccc(C(=O)NCCC(C)C(=O)O)c1OC. The number of rotatable bonds is 7. The number of carbonyl (C=O) groups excluding carboxylic acids is 1. The van der Waals surface area contributed by atoms with Gasteiger partial charge in [-0.3, -0.25) is 9.59 Å². The molecule has 6 heteroatoms. The Hall–Kier alpha value is -2.24. The molecule has 0 saturated carbocycles. The molecular weight excluding hydrogens is 262 g/mol. The molecule has 1 atom stereocenters. The maximum Gasteiger partial charge on any atom is 0.306 e. The highest BCUT2D eigenvalue weighted by Crippen LogP contribution is 2.30.